The molecule has 1 aromatic heterocycles. The van der Waals surface area contributed by atoms with Crippen molar-refractivity contribution >= 4 is 17.4 Å². The lowest BCUT2D eigenvalue weighted by Crippen LogP contribution is -2.17. The molecular formula is C18H20N2O2. The normalized spacial score (nSPS) is 11.1. The third-order valence-corrected chi connectivity index (χ3v) is 3.32. The van der Waals surface area contributed by atoms with Crippen LogP contribution in [0, 0.1) is 0 Å². The van der Waals surface area contributed by atoms with Crippen LogP contribution in [0.4, 0.5) is 5.69 Å². The van der Waals surface area contributed by atoms with Crippen molar-refractivity contribution in [2.24, 2.45) is 0 Å². The Hall–Kier alpha value is -2.49. The van der Waals surface area contributed by atoms with Gasteiger partial charge in [-0.05, 0) is 31.2 Å². The Bertz CT molecular complexity index is 715. The Kier molecular flexibility index (Phi) is 4.40. The molecule has 0 saturated carbocycles. The van der Waals surface area contributed by atoms with Crippen LogP contribution in [-0.4, -0.2) is 16.7 Å². The van der Waals surface area contributed by atoms with Crippen LogP contribution in [0.1, 0.15) is 54.1 Å². The monoisotopic (exact) mass is 296 g/mol. The molecule has 0 aliphatic rings. The third-order valence-electron chi connectivity index (χ3n) is 3.32. The summed E-state index contributed by atoms with van der Waals surface area (Å²) in [6.45, 7) is 7.65. The van der Waals surface area contributed by atoms with E-state index in [9.17, 15) is 9.59 Å². The molecule has 22 heavy (non-hydrogen) atoms. The minimum Gasteiger partial charge on any atom is -0.322 e. The molecule has 0 bridgehead atoms. The van der Waals surface area contributed by atoms with Crippen molar-refractivity contribution in [2.75, 3.05) is 5.32 Å². The second kappa shape index (κ2) is 6.10. The van der Waals surface area contributed by atoms with Gasteiger partial charge in [0.05, 0.1) is 0 Å². The molecule has 1 N–H and O–H groups in total. The van der Waals surface area contributed by atoms with Gasteiger partial charge in [0.25, 0.3) is 5.91 Å². The largest absolute Gasteiger partial charge is 0.322 e. The van der Waals surface area contributed by atoms with E-state index in [1.165, 1.54) is 6.92 Å². The predicted molar refractivity (Wildman–Crippen MR) is 87.3 cm³/mol. The predicted octanol–water partition coefficient (Wildman–Crippen LogP) is 3.83. The average molecular weight is 296 g/mol. The summed E-state index contributed by atoms with van der Waals surface area (Å²) >= 11 is 0. The number of aromatic nitrogens is 1. The smallest absolute Gasteiger partial charge is 0.255 e. The number of rotatable bonds is 3. The Morgan fingerprint density at radius 3 is 2.41 bits per heavy atom. The van der Waals surface area contributed by atoms with Crippen LogP contribution in [-0.2, 0) is 5.41 Å². The number of ketones is 1. The number of hydrogen-bond acceptors (Lipinski definition) is 3. The van der Waals surface area contributed by atoms with Crippen molar-refractivity contribution < 1.29 is 9.59 Å². The summed E-state index contributed by atoms with van der Waals surface area (Å²) in [7, 11) is 0. The molecule has 4 heteroatoms. The summed E-state index contributed by atoms with van der Waals surface area (Å²) in [6, 6.07) is 10.4. The first-order chi connectivity index (χ1) is 10.3. The molecule has 2 aromatic rings. The van der Waals surface area contributed by atoms with E-state index in [4.69, 9.17) is 0 Å². The first-order valence-corrected chi connectivity index (χ1v) is 7.16. The van der Waals surface area contributed by atoms with Crippen LogP contribution >= 0.6 is 0 Å². The van der Waals surface area contributed by atoms with Gasteiger partial charge in [-0.2, -0.15) is 0 Å². The maximum atomic E-state index is 12.4. The van der Waals surface area contributed by atoms with Crippen LogP contribution in [0.3, 0.4) is 0 Å². The molecule has 1 heterocycles. The molecule has 0 radical (unpaired) electrons. The summed E-state index contributed by atoms with van der Waals surface area (Å²) in [5.74, 6) is -0.247. The number of nitrogens with one attached hydrogen (secondary N) is 1. The molecule has 1 aromatic carbocycles. The Morgan fingerprint density at radius 1 is 1.05 bits per heavy atom. The SMILES string of the molecule is CC(=O)c1cccc(NC(=O)c2ccnc(C(C)(C)C)c2)c1. The molecule has 0 saturated heterocycles. The molecule has 0 unspecified atom stereocenters. The number of Topliss-reactive ketones (excluding diaryl/α,β-unsaturated/α-hetero) is 1. The molecular weight excluding hydrogens is 276 g/mol. The number of benzene rings is 1. The summed E-state index contributed by atoms with van der Waals surface area (Å²) in [5.41, 5.74) is 2.46. The van der Waals surface area contributed by atoms with Crippen LogP contribution in [0.5, 0.6) is 0 Å². The maximum Gasteiger partial charge on any atom is 0.255 e. The molecule has 0 aliphatic heterocycles. The number of nitrogens with zero attached hydrogens (tertiary/aromatic N) is 1. The summed E-state index contributed by atoms with van der Waals surface area (Å²) in [6.07, 6.45) is 1.64. The molecule has 0 atom stereocenters. The molecule has 0 fully saturated rings. The Balaban J connectivity index is 2.23. The highest BCUT2D eigenvalue weighted by Gasteiger charge is 2.17. The van der Waals surface area contributed by atoms with Gasteiger partial charge < -0.3 is 5.32 Å². The molecule has 4 nitrogen and oxygen atoms in total. The first kappa shape index (κ1) is 15.9. The van der Waals surface area contributed by atoms with Crippen LogP contribution in [0.25, 0.3) is 0 Å². The Morgan fingerprint density at radius 2 is 1.77 bits per heavy atom. The van der Waals surface area contributed by atoms with Gasteiger partial charge in [-0.3, -0.25) is 14.6 Å². The van der Waals surface area contributed by atoms with Crippen LogP contribution in [0.2, 0.25) is 0 Å². The zero-order chi connectivity index (χ0) is 16.3. The van der Waals surface area contributed by atoms with Crippen molar-refractivity contribution in [2.45, 2.75) is 33.1 Å². The number of pyridine rings is 1. The molecule has 1 amide bonds. The van der Waals surface area contributed by atoms with E-state index in [2.05, 4.69) is 10.3 Å². The quantitative estimate of drug-likeness (QED) is 0.876. The standard InChI is InChI=1S/C18H20N2O2/c1-12(21)13-6-5-7-15(10-13)20-17(22)14-8-9-19-16(11-14)18(2,3)4/h5-11H,1-4H3,(H,20,22). The van der Waals surface area contributed by atoms with Gasteiger partial charge in [-0.1, -0.05) is 32.9 Å². The van der Waals surface area contributed by atoms with E-state index in [0.29, 0.717) is 16.8 Å². The van der Waals surface area contributed by atoms with Gasteiger partial charge in [0.2, 0.25) is 0 Å². The van der Waals surface area contributed by atoms with Crippen molar-refractivity contribution in [3.8, 4) is 0 Å². The molecule has 0 spiro atoms. The average Bonchev–Trinajstić information content (AvgIpc) is 2.46. The van der Waals surface area contributed by atoms with Gasteiger partial charge >= 0.3 is 0 Å². The fourth-order valence-electron chi connectivity index (χ4n) is 2.00. The van der Waals surface area contributed by atoms with Crippen molar-refractivity contribution in [1.82, 2.24) is 4.98 Å². The van der Waals surface area contributed by atoms with Crippen LogP contribution < -0.4 is 5.32 Å². The maximum absolute atomic E-state index is 12.4. The Labute approximate surface area is 130 Å². The highest BCUT2D eigenvalue weighted by Crippen LogP contribution is 2.21. The number of carbonyl (C=O) groups is 2. The minimum atomic E-state index is -0.214. The molecule has 0 aliphatic carbocycles. The highest BCUT2D eigenvalue weighted by atomic mass is 16.1. The van der Waals surface area contributed by atoms with Crippen molar-refractivity contribution in [3.63, 3.8) is 0 Å². The first-order valence-electron chi connectivity index (χ1n) is 7.16. The van der Waals surface area contributed by atoms with E-state index in [1.807, 2.05) is 20.8 Å². The highest BCUT2D eigenvalue weighted by molar-refractivity contribution is 6.05. The fraction of sp³-hybridized carbons (Fsp3) is 0.278. The summed E-state index contributed by atoms with van der Waals surface area (Å²) < 4.78 is 0. The number of anilines is 1. The second-order valence-electron chi connectivity index (χ2n) is 6.27. The summed E-state index contributed by atoms with van der Waals surface area (Å²) in [4.78, 5) is 28.1. The van der Waals surface area contributed by atoms with E-state index < -0.39 is 0 Å². The van der Waals surface area contributed by atoms with Gasteiger partial charge in [0.1, 0.15) is 0 Å². The lowest BCUT2D eigenvalue weighted by atomic mass is 9.91. The van der Waals surface area contributed by atoms with E-state index in [0.717, 1.165) is 5.69 Å². The lowest BCUT2D eigenvalue weighted by molar-refractivity contribution is 0.101. The van der Waals surface area contributed by atoms with E-state index in [1.54, 1.807) is 42.6 Å². The zero-order valence-electron chi connectivity index (χ0n) is 13.3. The zero-order valence-corrected chi connectivity index (χ0v) is 13.3. The summed E-state index contributed by atoms with van der Waals surface area (Å²) in [5, 5.41) is 2.81. The van der Waals surface area contributed by atoms with Gasteiger partial charge in [-0.25, -0.2) is 0 Å². The number of hydrogen-bond donors (Lipinski definition) is 1. The topological polar surface area (TPSA) is 59.1 Å². The fourth-order valence-corrected chi connectivity index (χ4v) is 2.00. The number of carbonyl (C=O) groups excluding carboxylic acids is 2. The van der Waals surface area contributed by atoms with E-state index in [-0.39, 0.29) is 17.1 Å². The van der Waals surface area contributed by atoms with Gasteiger partial charge in [0, 0.05) is 34.1 Å². The van der Waals surface area contributed by atoms with Crippen molar-refractivity contribution in [3.05, 3.63) is 59.4 Å². The van der Waals surface area contributed by atoms with Crippen LogP contribution in [0.15, 0.2) is 42.6 Å². The minimum absolute atomic E-state index is 0.0324. The van der Waals surface area contributed by atoms with Gasteiger partial charge in [-0.15, -0.1) is 0 Å². The molecule has 114 valence electrons. The van der Waals surface area contributed by atoms with Crippen molar-refractivity contribution in [1.29, 1.82) is 0 Å². The second-order valence-corrected chi connectivity index (χ2v) is 6.27. The number of amides is 1. The van der Waals surface area contributed by atoms with Gasteiger partial charge in [0.15, 0.2) is 5.78 Å². The third kappa shape index (κ3) is 3.79. The van der Waals surface area contributed by atoms with E-state index >= 15 is 0 Å². The molecule has 2 rings (SSSR count). The lowest BCUT2D eigenvalue weighted by Gasteiger charge is -2.18.